The van der Waals surface area contributed by atoms with E-state index in [9.17, 15) is 9.50 Å². The second-order valence-corrected chi connectivity index (χ2v) is 4.50. The van der Waals surface area contributed by atoms with Crippen LogP contribution < -0.4 is 5.32 Å². The summed E-state index contributed by atoms with van der Waals surface area (Å²) in [7, 11) is 0. The van der Waals surface area contributed by atoms with Crippen molar-refractivity contribution in [3.8, 4) is 0 Å². The second-order valence-electron chi connectivity index (χ2n) is 3.63. The van der Waals surface area contributed by atoms with Gasteiger partial charge in [0.15, 0.2) is 0 Å². The van der Waals surface area contributed by atoms with Crippen molar-refractivity contribution < 1.29 is 9.50 Å². The average Bonchev–Trinajstić information content (AvgIpc) is 2.15. The number of thioether (sulfide) groups is 1. The summed E-state index contributed by atoms with van der Waals surface area (Å²) in [6, 6.07) is 4.53. The van der Waals surface area contributed by atoms with Crippen LogP contribution in [0.25, 0.3) is 0 Å². The Bertz CT molecular complexity index is 320. The summed E-state index contributed by atoms with van der Waals surface area (Å²) in [6.45, 7) is 2.08. The lowest BCUT2D eigenvalue weighted by Crippen LogP contribution is -2.36. The monoisotopic (exact) mass is 230 g/mol. The number of nitrogens with zero attached hydrogens (tertiary/aromatic N) is 1. The standard InChI is InChI=1S/C10H15FN2OS/c1-10(14,7-15-2)6-12-9-5-3-4-8(11)13-9/h3-5,14H,6-7H2,1-2H3,(H,12,13)/t10-/m1/s1. The van der Waals surface area contributed by atoms with Crippen LogP contribution in [-0.2, 0) is 0 Å². The van der Waals surface area contributed by atoms with E-state index < -0.39 is 11.5 Å². The van der Waals surface area contributed by atoms with Crippen LogP contribution in [0.2, 0.25) is 0 Å². The number of halogens is 1. The van der Waals surface area contributed by atoms with Gasteiger partial charge in [-0.1, -0.05) is 6.07 Å². The lowest BCUT2D eigenvalue weighted by atomic mass is 10.1. The molecule has 0 saturated carbocycles. The Balaban J connectivity index is 2.49. The molecule has 0 aromatic carbocycles. The molecule has 1 aromatic heterocycles. The first-order chi connectivity index (χ1) is 7.03. The first-order valence-electron chi connectivity index (χ1n) is 4.61. The lowest BCUT2D eigenvalue weighted by Gasteiger charge is -2.22. The SMILES string of the molecule is CSC[C@](C)(O)CNc1cccc(F)n1. The third-order valence-electron chi connectivity index (χ3n) is 1.82. The van der Waals surface area contributed by atoms with E-state index >= 15 is 0 Å². The molecule has 0 radical (unpaired) electrons. The normalized spacial score (nSPS) is 14.7. The summed E-state index contributed by atoms with van der Waals surface area (Å²) in [5.41, 5.74) is -0.812. The van der Waals surface area contributed by atoms with Crippen molar-refractivity contribution in [2.75, 3.05) is 23.9 Å². The van der Waals surface area contributed by atoms with E-state index in [0.717, 1.165) is 0 Å². The smallest absolute Gasteiger partial charge is 0.214 e. The molecule has 0 unspecified atom stereocenters. The highest BCUT2D eigenvalue weighted by Crippen LogP contribution is 2.12. The Morgan fingerprint density at radius 3 is 2.93 bits per heavy atom. The molecule has 15 heavy (non-hydrogen) atoms. The van der Waals surface area contributed by atoms with Gasteiger partial charge < -0.3 is 10.4 Å². The fraction of sp³-hybridized carbons (Fsp3) is 0.500. The molecule has 1 heterocycles. The van der Waals surface area contributed by atoms with Gasteiger partial charge in [0.2, 0.25) is 5.95 Å². The van der Waals surface area contributed by atoms with Crippen LogP contribution in [0.15, 0.2) is 18.2 Å². The molecule has 1 atom stereocenters. The molecule has 0 aliphatic rings. The highest BCUT2D eigenvalue weighted by atomic mass is 32.2. The van der Waals surface area contributed by atoms with Gasteiger partial charge in [0.1, 0.15) is 5.82 Å². The summed E-state index contributed by atoms with van der Waals surface area (Å²) in [5.74, 6) is 0.538. The van der Waals surface area contributed by atoms with Crippen LogP contribution in [0, 0.1) is 5.95 Å². The molecule has 0 aliphatic heterocycles. The summed E-state index contributed by atoms with van der Waals surface area (Å²) < 4.78 is 12.7. The highest BCUT2D eigenvalue weighted by molar-refractivity contribution is 7.98. The first kappa shape index (κ1) is 12.3. The topological polar surface area (TPSA) is 45.1 Å². The first-order valence-corrected chi connectivity index (χ1v) is 6.01. The molecule has 1 rings (SSSR count). The summed E-state index contributed by atoms with van der Waals surface area (Å²) in [5, 5.41) is 12.7. The van der Waals surface area contributed by atoms with Gasteiger partial charge in [-0.3, -0.25) is 0 Å². The molecule has 84 valence electrons. The molecule has 0 fully saturated rings. The number of aromatic nitrogens is 1. The number of anilines is 1. The van der Waals surface area contributed by atoms with Crippen molar-refractivity contribution >= 4 is 17.6 Å². The minimum absolute atomic E-state index is 0.351. The van der Waals surface area contributed by atoms with Gasteiger partial charge in [0.25, 0.3) is 0 Å². The second kappa shape index (κ2) is 5.32. The number of nitrogens with one attached hydrogen (secondary N) is 1. The number of rotatable bonds is 5. The lowest BCUT2D eigenvalue weighted by molar-refractivity contribution is 0.0996. The minimum Gasteiger partial charge on any atom is -0.387 e. The van der Waals surface area contributed by atoms with Crippen molar-refractivity contribution in [2.45, 2.75) is 12.5 Å². The molecule has 0 saturated heterocycles. The third kappa shape index (κ3) is 4.48. The van der Waals surface area contributed by atoms with Crippen LogP contribution in [0.3, 0.4) is 0 Å². The fourth-order valence-electron chi connectivity index (χ4n) is 1.15. The van der Waals surface area contributed by atoms with Crippen LogP contribution in [0.5, 0.6) is 0 Å². The molecule has 0 aliphatic carbocycles. The fourth-order valence-corrected chi connectivity index (χ4v) is 1.87. The van der Waals surface area contributed by atoms with E-state index in [1.54, 1.807) is 30.8 Å². The molecule has 1 aromatic rings. The largest absolute Gasteiger partial charge is 0.387 e. The maximum absolute atomic E-state index is 12.7. The predicted octanol–water partition coefficient (Wildman–Crippen LogP) is 1.75. The predicted molar refractivity (Wildman–Crippen MR) is 61.7 cm³/mol. The Hall–Kier alpha value is -0.810. The quantitative estimate of drug-likeness (QED) is 0.756. The highest BCUT2D eigenvalue weighted by Gasteiger charge is 2.19. The molecular formula is C10H15FN2OS. The van der Waals surface area contributed by atoms with Crippen LogP contribution in [-0.4, -0.2) is 34.2 Å². The molecule has 0 amide bonds. The van der Waals surface area contributed by atoms with Gasteiger partial charge in [-0.05, 0) is 25.3 Å². The zero-order valence-electron chi connectivity index (χ0n) is 8.83. The minimum atomic E-state index is -0.812. The van der Waals surface area contributed by atoms with Crippen LogP contribution in [0.1, 0.15) is 6.92 Å². The zero-order valence-corrected chi connectivity index (χ0v) is 9.64. The van der Waals surface area contributed by atoms with Crippen LogP contribution >= 0.6 is 11.8 Å². The number of hydrogen-bond acceptors (Lipinski definition) is 4. The van der Waals surface area contributed by atoms with E-state index in [4.69, 9.17) is 0 Å². The van der Waals surface area contributed by atoms with Crippen molar-refractivity contribution in [1.82, 2.24) is 4.98 Å². The number of hydrogen-bond donors (Lipinski definition) is 2. The van der Waals surface area contributed by atoms with Crippen molar-refractivity contribution in [3.63, 3.8) is 0 Å². The zero-order chi connectivity index (χ0) is 11.3. The Labute approximate surface area is 93.1 Å². The van der Waals surface area contributed by atoms with Crippen LogP contribution in [0.4, 0.5) is 10.2 Å². The summed E-state index contributed by atoms with van der Waals surface area (Å²) in [4.78, 5) is 3.64. The molecule has 5 heteroatoms. The molecule has 3 nitrogen and oxygen atoms in total. The maximum Gasteiger partial charge on any atom is 0.214 e. The number of pyridine rings is 1. The number of aliphatic hydroxyl groups is 1. The van der Waals surface area contributed by atoms with Gasteiger partial charge in [-0.2, -0.15) is 16.2 Å². The van der Waals surface area contributed by atoms with Crippen molar-refractivity contribution in [2.24, 2.45) is 0 Å². The van der Waals surface area contributed by atoms with Gasteiger partial charge in [-0.15, -0.1) is 0 Å². The van der Waals surface area contributed by atoms with Gasteiger partial charge >= 0.3 is 0 Å². The van der Waals surface area contributed by atoms with E-state index in [1.807, 2.05) is 6.26 Å². The molecular weight excluding hydrogens is 215 g/mol. The van der Waals surface area contributed by atoms with E-state index in [0.29, 0.717) is 18.1 Å². The maximum atomic E-state index is 12.7. The molecule has 2 N–H and O–H groups in total. The van der Waals surface area contributed by atoms with Gasteiger partial charge in [0, 0.05) is 12.3 Å². The van der Waals surface area contributed by atoms with E-state index in [2.05, 4.69) is 10.3 Å². The third-order valence-corrected chi connectivity index (χ3v) is 2.73. The summed E-state index contributed by atoms with van der Waals surface area (Å²) in [6.07, 6.45) is 1.93. The Morgan fingerprint density at radius 1 is 1.60 bits per heavy atom. The molecule has 0 spiro atoms. The van der Waals surface area contributed by atoms with Crippen molar-refractivity contribution in [1.29, 1.82) is 0 Å². The van der Waals surface area contributed by atoms with Gasteiger partial charge in [0.05, 0.1) is 5.60 Å². The van der Waals surface area contributed by atoms with Gasteiger partial charge in [-0.25, -0.2) is 4.98 Å². The Morgan fingerprint density at radius 2 is 2.33 bits per heavy atom. The van der Waals surface area contributed by atoms with E-state index in [1.165, 1.54) is 6.07 Å². The average molecular weight is 230 g/mol. The summed E-state index contributed by atoms with van der Waals surface area (Å²) >= 11 is 1.56. The van der Waals surface area contributed by atoms with Crippen molar-refractivity contribution in [3.05, 3.63) is 24.1 Å². The van der Waals surface area contributed by atoms with E-state index in [-0.39, 0.29) is 0 Å². The molecule has 0 bridgehead atoms. The Kier molecular flexibility index (Phi) is 4.35.